The summed E-state index contributed by atoms with van der Waals surface area (Å²) in [4.78, 5) is 15.7. The van der Waals surface area contributed by atoms with Gasteiger partial charge in [-0.2, -0.15) is 18.2 Å². The monoisotopic (exact) mass is 313 g/mol. The molecular formula is C12H7ClF3N5. The maximum atomic E-state index is 12.8. The third-order valence-corrected chi connectivity index (χ3v) is 3.04. The van der Waals surface area contributed by atoms with Gasteiger partial charge >= 0.3 is 6.18 Å². The van der Waals surface area contributed by atoms with Crippen LogP contribution in [0.15, 0.2) is 24.8 Å². The Morgan fingerprint density at radius 2 is 1.95 bits per heavy atom. The fourth-order valence-electron chi connectivity index (χ4n) is 1.91. The van der Waals surface area contributed by atoms with Gasteiger partial charge in [-0.25, -0.2) is 9.97 Å². The summed E-state index contributed by atoms with van der Waals surface area (Å²) in [5.74, 6) is 0. The largest absolute Gasteiger partial charge is 0.417 e. The zero-order chi connectivity index (χ0) is 15.2. The number of rotatable bonds is 1. The first-order chi connectivity index (χ1) is 9.86. The zero-order valence-corrected chi connectivity index (χ0v) is 11.3. The van der Waals surface area contributed by atoms with Gasteiger partial charge in [0.05, 0.1) is 11.9 Å². The number of aryl methyl sites for hydroxylation is 1. The van der Waals surface area contributed by atoms with E-state index in [2.05, 4.69) is 19.9 Å². The van der Waals surface area contributed by atoms with Gasteiger partial charge in [-0.05, 0) is 17.7 Å². The molecule has 0 aliphatic carbocycles. The SMILES string of the molecule is Cn1cnc2c(-c3cncc(C(F)(F)F)c3)nc(Cl)nc21. The van der Waals surface area contributed by atoms with Crippen LogP contribution in [0.4, 0.5) is 13.2 Å². The highest BCUT2D eigenvalue weighted by molar-refractivity contribution is 6.28. The summed E-state index contributed by atoms with van der Waals surface area (Å²) < 4.78 is 39.9. The van der Waals surface area contributed by atoms with E-state index in [0.717, 1.165) is 12.3 Å². The van der Waals surface area contributed by atoms with Crippen molar-refractivity contribution in [2.45, 2.75) is 6.18 Å². The summed E-state index contributed by atoms with van der Waals surface area (Å²) in [7, 11) is 1.70. The Bertz CT molecular complexity index is 827. The first kappa shape index (κ1) is 13.7. The Labute approximate surface area is 121 Å². The molecule has 0 saturated heterocycles. The molecule has 0 spiro atoms. The smallest absolute Gasteiger partial charge is 0.318 e. The quantitative estimate of drug-likeness (QED) is 0.648. The molecule has 3 aromatic heterocycles. The molecule has 3 aromatic rings. The second-order valence-corrected chi connectivity index (χ2v) is 4.67. The van der Waals surface area contributed by atoms with Gasteiger partial charge in [0.15, 0.2) is 5.65 Å². The van der Waals surface area contributed by atoms with E-state index in [9.17, 15) is 13.2 Å². The van der Waals surface area contributed by atoms with Crippen LogP contribution in [0.25, 0.3) is 22.4 Å². The fourth-order valence-corrected chi connectivity index (χ4v) is 2.07. The summed E-state index contributed by atoms with van der Waals surface area (Å²) in [5, 5.41) is -0.0708. The van der Waals surface area contributed by atoms with Crippen LogP contribution in [-0.2, 0) is 13.2 Å². The molecule has 5 nitrogen and oxygen atoms in total. The van der Waals surface area contributed by atoms with E-state index in [0.29, 0.717) is 11.2 Å². The lowest BCUT2D eigenvalue weighted by atomic mass is 10.1. The first-order valence-electron chi connectivity index (χ1n) is 5.73. The lowest BCUT2D eigenvalue weighted by Crippen LogP contribution is -2.05. The molecule has 3 heterocycles. The number of fused-ring (bicyclic) bond motifs is 1. The lowest BCUT2D eigenvalue weighted by molar-refractivity contribution is -0.137. The highest BCUT2D eigenvalue weighted by atomic mass is 35.5. The first-order valence-corrected chi connectivity index (χ1v) is 6.11. The van der Waals surface area contributed by atoms with Crippen LogP contribution in [0.2, 0.25) is 5.28 Å². The van der Waals surface area contributed by atoms with Crippen molar-refractivity contribution in [2.75, 3.05) is 0 Å². The molecule has 0 amide bonds. The van der Waals surface area contributed by atoms with Gasteiger partial charge in [0.1, 0.15) is 11.2 Å². The van der Waals surface area contributed by atoms with Crippen molar-refractivity contribution in [3.63, 3.8) is 0 Å². The van der Waals surface area contributed by atoms with Crippen molar-refractivity contribution >= 4 is 22.8 Å². The van der Waals surface area contributed by atoms with Gasteiger partial charge in [-0.3, -0.25) is 4.98 Å². The Morgan fingerprint density at radius 1 is 1.19 bits per heavy atom. The molecule has 0 radical (unpaired) electrons. The molecule has 21 heavy (non-hydrogen) atoms. The molecule has 108 valence electrons. The number of hydrogen-bond donors (Lipinski definition) is 0. The molecule has 0 saturated carbocycles. The van der Waals surface area contributed by atoms with Gasteiger partial charge in [0.25, 0.3) is 0 Å². The average Bonchev–Trinajstić information content (AvgIpc) is 2.79. The minimum Gasteiger partial charge on any atom is -0.318 e. The molecule has 9 heteroatoms. The van der Waals surface area contributed by atoms with Crippen molar-refractivity contribution in [3.8, 4) is 11.3 Å². The molecular weight excluding hydrogens is 307 g/mol. The molecule has 0 unspecified atom stereocenters. The lowest BCUT2D eigenvalue weighted by Gasteiger charge is -2.08. The van der Waals surface area contributed by atoms with Crippen molar-refractivity contribution in [1.82, 2.24) is 24.5 Å². The van der Waals surface area contributed by atoms with Crippen LogP contribution in [0.1, 0.15) is 5.56 Å². The molecule has 3 rings (SSSR count). The minimum absolute atomic E-state index is 0.0708. The van der Waals surface area contributed by atoms with E-state index < -0.39 is 11.7 Å². The van der Waals surface area contributed by atoms with Crippen LogP contribution < -0.4 is 0 Å². The van der Waals surface area contributed by atoms with Crippen molar-refractivity contribution in [1.29, 1.82) is 0 Å². The normalized spacial score (nSPS) is 12.0. The number of imidazole rings is 1. The number of alkyl halides is 3. The summed E-state index contributed by atoms with van der Waals surface area (Å²) in [6.45, 7) is 0. The number of halogens is 4. The van der Waals surface area contributed by atoms with Crippen molar-refractivity contribution in [3.05, 3.63) is 35.6 Å². The molecule has 0 N–H and O–H groups in total. The number of hydrogen-bond acceptors (Lipinski definition) is 4. The van der Waals surface area contributed by atoms with E-state index in [-0.39, 0.29) is 16.5 Å². The third-order valence-electron chi connectivity index (χ3n) is 2.87. The van der Waals surface area contributed by atoms with E-state index in [1.807, 2.05) is 0 Å². The van der Waals surface area contributed by atoms with Crippen LogP contribution in [0.3, 0.4) is 0 Å². The zero-order valence-electron chi connectivity index (χ0n) is 10.6. The van der Waals surface area contributed by atoms with E-state index in [1.165, 1.54) is 12.5 Å². The number of nitrogens with zero attached hydrogens (tertiary/aromatic N) is 5. The summed E-state index contributed by atoms with van der Waals surface area (Å²) in [6, 6.07) is 0.958. The maximum Gasteiger partial charge on any atom is 0.417 e. The average molecular weight is 314 g/mol. The highest BCUT2D eigenvalue weighted by Gasteiger charge is 2.31. The number of aromatic nitrogens is 5. The van der Waals surface area contributed by atoms with Crippen LogP contribution in [0.5, 0.6) is 0 Å². The molecule has 0 fully saturated rings. The van der Waals surface area contributed by atoms with E-state index in [1.54, 1.807) is 11.6 Å². The highest BCUT2D eigenvalue weighted by Crippen LogP contribution is 2.32. The van der Waals surface area contributed by atoms with Crippen LogP contribution >= 0.6 is 11.6 Å². The van der Waals surface area contributed by atoms with Gasteiger partial charge in [0.2, 0.25) is 5.28 Å². The van der Waals surface area contributed by atoms with Gasteiger partial charge in [-0.1, -0.05) is 0 Å². The van der Waals surface area contributed by atoms with Crippen LogP contribution in [-0.4, -0.2) is 24.5 Å². The fraction of sp³-hybridized carbons (Fsp3) is 0.167. The minimum atomic E-state index is -4.48. The molecule has 0 aromatic carbocycles. The Balaban J connectivity index is 2.26. The summed E-state index contributed by atoms with van der Waals surface area (Å²) in [5.41, 5.74) is 0.325. The van der Waals surface area contributed by atoms with Crippen LogP contribution in [0, 0.1) is 0 Å². The Morgan fingerprint density at radius 3 is 2.67 bits per heavy atom. The predicted molar refractivity (Wildman–Crippen MR) is 69.5 cm³/mol. The Hall–Kier alpha value is -2.22. The predicted octanol–water partition coefficient (Wildman–Crippen LogP) is 3.10. The molecule has 0 bridgehead atoms. The molecule has 0 aliphatic heterocycles. The van der Waals surface area contributed by atoms with Crippen molar-refractivity contribution < 1.29 is 13.2 Å². The van der Waals surface area contributed by atoms with E-state index in [4.69, 9.17) is 11.6 Å². The standard InChI is InChI=1S/C12H7ClF3N5/c1-21-5-18-9-8(19-11(13)20-10(9)21)6-2-7(4-17-3-6)12(14,15)16/h2-5H,1H3. The third kappa shape index (κ3) is 2.42. The Kier molecular flexibility index (Phi) is 3.05. The molecule has 0 aliphatic rings. The van der Waals surface area contributed by atoms with E-state index >= 15 is 0 Å². The molecule has 0 atom stereocenters. The second kappa shape index (κ2) is 4.66. The number of pyridine rings is 1. The summed E-state index contributed by atoms with van der Waals surface area (Å²) >= 11 is 5.83. The topological polar surface area (TPSA) is 56.5 Å². The van der Waals surface area contributed by atoms with Crippen molar-refractivity contribution in [2.24, 2.45) is 7.05 Å². The second-order valence-electron chi connectivity index (χ2n) is 4.33. The maximum absolute atomic E-state index is 12.8. The van der Waals surface area contributed by atoms with Gasteiger partial charge in [0, 0.05) is 25.0 Å². The summed E-state index contributed by atoms with van der Waals surface area (Å²) in [6.07, 6.45) is -0.965. The van der Waals surface area contributed by atoms with Gasteiger partial charge in [-0.15, -0.1) is 0 Å². The van der Waals surface area contributed by atoms with Gasteiger partial charge < -0.3 is 4.57 Å².